The van der Waals surface area contributed by atoms with Crippen molar-refractivity contribution in [3.8, 4) is 21.8 Å². The van der Waals surface area contributed by atoms with E-state index in [4.69, 9.17) is 5.11 Å². The number of hydrogen-bond acceptors (Lipinski definition) is 3. The third-order valence-electron chi connectivity index (χ3n) is 3.35. The maximum Gasteiger partial charge on any atom is 0.335 e. The molecule has 0 aliphatic rings. The zero-order valence-corrected chi connectivity index (χ0v) is 12.8. The highest BCUT2D eigenvalue weighted by atomic mass is 32.1. The van der Waals surface area contributed by atoms with E-state index in [-0.39, 0.29) is 10.6 Å². The summed E-state index contributed by atoms with van der Waals surface area (Å²) in [6.45, 7) is 0. The smallest absolute Gasteiger partial charge is 0.335 e. The van der Waals surface area contributed by atoms with E-state index in [2.05, 4.69) is 4.98 Å². The maximum absolute atomic E-state index is 13.8. The molecule has 3 nitrogen and oxygen atoms in total. The van der Waals surface area contributed by atoms with Gasteiger partial charge in [-0.2, -0.15) is 0 Å². The Kier molecular flexibility index (Phi) is 4.25. The predicted molar refractivity (Wildman–Crippen MR) is 79.7 cm³/mol. The van der Waals surface area contributed by atoms with Crippen LogP contribution in [0.5, 0.6) is 0 Å². The van der Waals surface area contributed by atoms with Crippen molar-refractivity contribution in [3.63, 3.8) is 0 Å². The van der Waals surface area contributed by atoms with Gasteiger partial charge < -0.3 is 5.11 Å². The van der Waals surface area contributed by atoms with Crippen LogP contribution in [0.1, 0.15) is 10.4 Å². The lowest BCUT2D eigenvalue weighted by molar-refractivity contribution is 0.0697. The number of benzene rings is 2. The Bertz CT molecular complexity index is 956. The van der Waals surface area contributed by atoms with Crippen LogP contribution in [0.25, 0.3) is 21.8 Å². The predicted octanol–water partition coefficient (Wildman–Crippen LogP) is 4.87. The van der Waals surface area contributed by atoms with E-state index in [1.54, 1.807) is 0 Å². The van der Waals surface area contributed by atoms with E-state index in [0.717, 1.165) is 16.7 Å². The first-order valence-electron chi connectivity index (χ1n) is 6.62. The highest BCUT2D eigenvalue weighted by molar-refractivity contribution is 7.13. The van der Waals surface area contributed by atoms with Crippen molar-refractivity contribution in [2.75, 3.05) is 0 Å². The molecule has 3 rings (SSSR count). The summed E-state index contributed by atoms with van der Waals surface area (Å²) in [6.07, 6.45) is 0. The van der Waals surface area contributed by atoms with Crippen molar-refractivity contribution in [3.05, 3.63) is 64.3 Å². The molecule has 25 heavy (non-hydrogen) atoms. The summed E-state index contributed by atoms with van der Waals surface area (Å²) in [5.41, 5.74) is -1.05. The van der Waals surface area contributed by atoms with Crippen LogP contribution in [-0.2, 0) is 0 Å². The molecular weight excluding hydrogens is 365 g/mol. The molecule has 3 aromatic rings. The maximum atomic E-state index is 13.8. The van der Waals surface area contributed by atoms with Crippen molar-refractivity contribution in [1.82, 2.24) is 4.98 Å². The average molecular weight is 371 g/mol. The first-order valence-corrected chi connectivity index (χ1v) is 7.50. The Morgan fingerprint density at radius 3 is 1.92 bits per heavy atom. The van der Waals surface area contributed by atoms with Crippen LogP contribution in [0, 0.1) is 29.1 Å². The van der Waals surface area contributed by atoms with Crippen LogP contribution < -0.4 is 0 Å². The van der Waals surface area contributed by atoms with Crippen LogP contribution in [0.3, 0.4) is 0 Å². The fraction of sp³-hybridized carbons (Fsp3) is 0. The summed E-state index contributed by atoms with van der Waals surface area (Å²) in [5, 5.41) is 10.2. The highest BCUT2D eigenvalue weighted by Gasteiger charge is 2.28. The number of nitrogens with zero attached hydrogens (tertiary/aromatic N) is 1. The minimum absolute atomic E-state index is 0.0281. The molecule has 0 saturated carbocycles. The Hall–Kier alpha value is -2.81. The third-order valence-corrected chi connectivity index (χ3v) is 4.24. The van der Waals surface area contributed by atoms with Gasteiger partial charge in [-0.25, -0.2) is 31.7 Å². The van der Waals surface area contributed by atoms with Gasteiger partial charge in [0.2, 0.25) is 5.82 Å². The van der Waals surface area contributed by atoms with Gasteiger partial charge in [-0.3, -0.25) is 0 Å². The van der Waals surface area contributed by atoms with Crippen molar-refractivity contribution in [2.45, 2.75) is 0 Å². The van der Waals surface area contributed by atoms with Crippen molar-refractivity contribution < 1.29 is 31.9 Å². The van der Waals surface area contributed by atoms with Crippen LogP contribution in [0.2, 0.25) is 0 Å². The summed E-state index contributed by atoms with van der Waals surface area (Å²) >= 11 is 0.915. The van der Waals surface area contributed by atoms with Gasteiger partial charge in [0.1, 0.15) is 5.01 Å². The minimum atomic E-state index is -2.24. The van der Waals surface area contributed by atoms with Gasteiger partial charge in [0, 0.05) is 10.9 Å². The number of hydrogen-bond donors (Lipinski definition) is 1. The van der Waals surface area contributed by atoms with Crippen molar-refractivity contribution >= 4 is 17.3 Å². The molecule has 0 unspecified atom stereocenters. The van der Waals surface area contributed by atoms with Crippen molar-refractivity contribution in [2.24, 2.45) is 0 Å². The Labute approximate surface area is 141 Å². The average Bonchev–Trinajstić information content (AvgIpc) is 3.08. The molecule has 1 aromatic heterocycles. The number of carboxylic acids is 1. The molecule has 0 atom stereocenters. The molecule has 0 aliphatic heterocycles. The lowest BCUT2D eigenvalue weighted by Gasteiger charge is -2.05. The summed E-state index contributed by atoms with van der Waals surface area (Å²) in [4.78, 5) is 14.7. The molecule has 0 fully saturated rings. The number of carbonyl (C=O) groups is 1. The number of aromatic carboxylic acids is 1. The summed E-state index contributed by atoms with van der Waals surface area (Å²) in [6, 6.07) is 5.45. The molecule has 0 spiro atoms. The molecule has 128 valence electrons. The Morgan fingerprint density at radius 2 is 1.40 bits per heavy atom. The summed E-state index contributed by atoms with van der Waals surface area (Å²) < 4.78 is 67.3. The van der Waals surface area contributed by atoms with Gasteiger partial charge in [0.25, 0.3) is 0 Å². The second-order valence-electron chi connectivity index (χ2n) is 4.87. The SMILES string of the molecule is O=C(O)c1ccc(-c2nc(-c3c(F)c(F)c(F)c(F)c3F)cs2)cc1. The van der Waals surface area contributed by atoms with E-state index in [1.165, 1.54) is 24.3 Å². The number of halogens is 5. The van der Waals surface area contributed by atoms with Crippen molar-refractivity contribution in [1.29, 1.82) is 0 Å². The molecule has 0 aliphatic carbocycles. The first kappa shape index (κ1) is 17.0. The normalized spacial score (nSPS) is 10.9. The van der Waals surface area contributed by atoms with Gasteiger partial charge >= 0.3 is 5.97 Å². The number of carboxylic acid groups (broad SMARTS) is 1. The topological polar surface area (TPSA) is 50.2 Å². The van der Waals surface area contributed by atoms with Gasteiger partial charge in [-0.15, -0.1) is 11.3 Å². The Balaban J connectivity index is 2.07. The van der Waals surface area contributed by atoms with Crippen LogP contribution in [0.4, 0.5) is 22.0 Å². The van der Waals surface area contributed by atoms with Gasteiger partial charge in [0.15, 0.2) is 23.3 Å². The fourth-order valence-electron chi connectivity index (χ4n) is 2.11. The van der Waals surface area contributed by atoms with Crippen LogP contribution >= 0.6 is 11.3 Å². The molecule has 0 radical (unpaired) electrons. The number of rotatable bonds is 3. The lowest BCUT2D eigenvalue weighted by atomic mass is 10.1. The lowest BCUT2D eigenvalue weighted by Crippen LogP contribution is -2.04. The van der Waals surface area contributed by atoms with Crippen LogP contribution in [0.15, 0.2) is 29.6 Å². The molecule has 1 N–H and O–H groups in total. The van der Waals surface area contributed by atoms with Crippen LogP contribution in [-0.4, -0.2) is 16.1 Å². The Morgan fingerprint density at radius 1 is 0.880 bits per heavy atom. The monoisotopic (exact) mass is 371 g/mol. The molecule has 2 aromatic carbocycles. The van der Waals surface area contributed by atoms with Gasteiger partial charge in [-0.05, 0) is 12.1 Å². The van der Waals surface area contributed by atoms with E-state index in [1.807, 2.05) is 0 Å². The summed E-state index contributed by atoms with van der Waals surface area (Å²) in [5.74, 6) is -11.4. The fourth-order valence-corrected chi connectivity index (χ4v) is 2.92. The van der Waals surface area contributed by atoms with E-state index >= 15 is 0 Å². The second-order valence-corrected chi connectivity index (χ2v) is 5.72. The molecule has 0 saturated heterocycles. The molecule has 0 amide bonds. The van der Waals surface area contributed by atoms with E-state index in [9.17, 15) is 26.7 Å². The highest BCUT2D eigenvalue weighted by Crippen LogP contribution is 2.34. The standard InChI is InChI=1S/C16H6F5NO2S/c17-10-9(11(18)13(20)14(21)12(10)19)8-5-25-15(22-8)6-1-3-7(4-2-6)16(23)24/h1-5H,(H,23,24). The molecule has 9 heteroatoms. The first-order chi connectivity index (χ1) is 11.8. The molecule has 0 bridgehead atoms. The van der Waals surface area contributed by atoms with E-state index in [0.29, 0.717) is 5.56 Å². The molecular formula is C16H6F5NO2S. The van der Waals surface area contributed by atoms with Gasteiger partial charge in [-0.1, -0.05) is 12.1 Å². The third kappa shape index (κ3) is 2.86. The number of aromatic nitrogens is 1. The zero-order chi connectivity index (χ0) is 18.3. The number of thiazole rings is 1. The minimum Gasteiger partial charge on any atom is -0.478 e. The van der Waals surface area contributed by atoms with Gasteiger partial charge in [0.05, 0.1) is 16.8 Å². The largest absolute Gasteiger partial charge is 0.478 e. The summed E-state index contributed by atoms with van der Waals surface area (Å²) in [7, 11) is 0. The molecule has 1 heterocycles. The zero-order valence-electron chi connectivity index (χ0n) is 12.0. The second kappa shape index (κ2) is 6.25. The van der Waals surface area contributed by atoms with E-state index < -0.39 is 46.3 Å². The quantitative estimate of drug-likeness (QED) is 0.406.